The standard InChI is InChI=1S/C8H14F3O2/c1-6(2)7(12)5-13-4-3-8(9,10)11/h5-7,12H,3-4H2,1-2H3. The van der Waals surface area contributed by atoms with E-state index in [4.69, 9.17) is 5.11 Å². The molecule has 0 aliphatic heterocycles. The lowest BCUT2D eigenvalue weighted by Gasteiger charge is -2.14. The fourth-order valence-electron chi connectivity index (χ4n) is 0.498. The third-order valence-corrected chi connectivity index (χ3v) is 1.42. The van der Waals surface area contributed by atoms with E-state index in [1.54, 1.807) is 13.8 Å². The van der Waals surface area contributed by atoms with E-state index < -0.39 is 25.3 Å². The Bertz CT molecular complexity index is 134. The summed E-state index contributed by atoms with van der Waals surface area (Å²) in [5, 5.41) is 9.09. The van der Waals surface area contributed by atoms with Gasteiger partial charge in [0.1, 0.15) is 6.61 Å². The van der Waals surface area contributed by atoms with Gasteiger partial charge in [0.05, 0.1) is 19.1 Å². The molecule has 0 aromatic heterocycles. The monoisotopic (exact) mass is 199 g/mol. The van der Waals surface area contributed by atoms with Gasteiger partial charge in [0.2, 0.25) is 0 Å². The Kier molecular flexibility index (Phi) is 5.32. The molecule has 0 spiro atoms. The highest BCUT2D eigenvalue weighted by atomic mass is 19.4. The number of alkyl halides is 3. The largest absolute Gasteiger partial charge is 0.391 e. The molecule has 1 atom stereocenters. The summed E-state index contributed by atoms with van der Waals surface area (Å²) in [4.78, 5) is 0. The van der Waals surface area contributed by atoms with Crippen molar-refractivity contribution in [3.63, 3.8) is 0 Å². The van der Waals surface area contributed by atoms with Gasteiger partial charge < -0.3 is 9.84 Å². The predicted molar refractivity (Wildman–Crippen MR) is 41.8 cm³/mol. The summed E-state index contributed by atoms with van der Waals surface area (Å²) < 4.78 is 39.3. The van der Waals surface area contributed by atoms with Crippen LogP contribution in [0.4, 0.5) is 13.2 Å². The van der Waals surface area contributed by atoms with Crippen LogP contribution in [-0.4, -0.2) is 24.0 Å². The van der Waals surface area contributed by atoms with Crippen molar-refractivity contribution in [2.45, 2.75) is 32.5 Å². The molecular formula is C8H14F3O2. The normalized spacial score (nSPS) is 15.0. The van der Waals surface area contributed by atoms with E-state index in [0.29, 0.717) is 0 Å². The maximum Gasteiger partial charge on any atom is 0.391 e. The van der Waals surface area contributed by atoms with Crippen LogP contribution in [0.25, 0.3) is 0 Å². The third-order valence-electron chi connectivity index (χ3n) is 1.42. The molecule has 0 heterocycles. The van der Waals surface area contributed by atoms with E-state index in [2.05, 4.69) is 4.74 Å². The number of hydrogen-bond donors (Lipinski definition) is 1. The lowest BCUT2D eigenvalue weighted by molar-refractivity contribution is -0.144. The van der Waals surface area contributed by atoms with Crippen molar-refractivity contribution in [3.8, 4) is 0 Å². The number of ether oxygens (including phenoxy) is 1. The summed E-state index contributed by atoms with van der Waals surface area (Å²) in [5.74, 6) is -0.0501. The molecule has 1 radical (unpaired) electrons. The molecule has 13 heavy (non-hydrogen) atoms. The first-order chi connectivity index (χ1) is 5.83. The summed E-state index contributed by atoms with van der Waals surface area (Å²) >= 11 is 0. The number of halogens is 3. The fraction of sp³-hybridized carbons (Fsp3) is 0.875. The molecule has 0 saturated heterocycles. The molecule has 0 fully saturated rings. The van der Waals surface area contributed by atoms with Gasteiger partial charge in [-0.2, -0.15) is 13.2 Å². The van der Waals surface area contributed by atoms with Crippen molar-refractivity contribution in [3.05, 3.63) is 6.61 Å². The zero-order chi connectivity index (χ0) is 10.5. The van der Waals surface area contributed by atoms with Crippen molar-refractivity contribution in [2.24, 2.45) is 5.92 Å². The second-order valence-electron chi connectivity index (χ2n) is 3.11. The number of rotatable bonds is 5. The predicted octanol–water partition coefficient (Wildman–Crippen LogP) is 2.13. The highest BCUT2D eigenvalue weighted by Crippen LogP contribution is 2.19. The summed E-state index contributed by atoms with van der Waals surface area (Å²) in [6, 6.07) is 0. The van der Waals surface area contributed by atoms with Gasteiger partial charge in [0, 0.05) is 0 Å². The molecule has 1 N–H and O–H groups in total. The van der Waals surface area contributed by atoms with E-state index in [9.17, 15) is 13.2 Å². The zero-order valence-corrected chi connectivity index (χ0v) is 7.64. The molecule has 0 aliphatic carbocycles. The molecule has 0 rings (SSSR count). The second kappa shape index (κ2) is 5.44. The Morgan fingerprint density at radius 2 is 1.92 bits per heavy atom. The van der Waals surface area contributed by atoms with Crippen LogP contribution < -0.4 is 0 Å². The van der Waals surface area contributed by atoms with Crippen LogP contribution in [-0.2, 0) is 4.74 Å². The van der Waals surface area contributed by atoms with Gasteiger partial charge in [-0.3, -0.25) is 0 Å². The van der Waals surface area contributed by atoms with Gasteiger partial charge >= 0.3 is 6.18 Å². The van der Waals surface area contributed by atoms with Crippen molar-refractivity contribution < 1.29 is 23.0 Å². The van der Waals surface area contributed by atoms with E-state index in [-0.39, 0.29) is 5.92 Å². The Hall–Kier alpha value is -0.290. The van der Waals surface area contributed by atoms with Gasteiger partial charge in [-0.25, -0.2) is 0 Å². The summed E-state index contributed by atoms with van der Waals surface area (Å²) in [5.41, 5.74) is 0. The average Bonchev–Trinajstić information content (AvgIpc) is 1.95. The molecule has 1 unspecified atom stereocenters. The van der Waals surface area contributed by atoms with Crippen LogP contribution >= 0.6 is 0 Å². The summed E-state index contributed by atoms with van der Waals surface area (Å²) in [7, 11) is 0. The van der Waals surface area contributed by atoms with Gasteiger partial charge in [0.25, 0.3) is 0 Å². The SMILES string of the molecule is CC(C)C(O)[CH]OCCC(F)(F)F. The Morgan fingerprint density at radius 3 is 2.31 bits per heavy atom. The van der Waals surface area contributed by atoms with Crippen molar-refractivity contribution in [1.82, 2.24) is 0 Å². The van der Waals surface area contributed by atoms with E-state index in [0.717, 1.165) is 6.61 Å². The molecule has 5 heteroatoms. The molecule has 2 nitrogen and oxygen atoms in total. The first kappa shape index (κ1) is 12.7. The van der Waals surface area contributed by atoms with Gasteiger partial charge in [-0.05, 0) is 5.92 Å². The maximum absolute atomic E-state index is 11.6. The van der Waals surface area contributed by atoms with Crippen molar-refractivity contribution in [1.29, 1.82) is 0 Å². The minimum atomic E-state index is -4.20. The minimum Gasteiger partial charge on any atom is -0.390 e. The maximum atomic E-state index is 11.6. The summed E-state index contributed by atoms with van der Waals surface area (Å²) in [6.07, 6.45) is -6.00. The van der Waals surface area contributed by atoms with Gasteiger partial charge in [-0.1, -0.05) is 13.8 Å². The lowest BCUT2D eigenvalue weighted by atomic mass is 10.1. The highest BCUT2D eigenvalue weighted by molar-refractivity contribution is 4.68. The molecule has 0 saturated carbocycles. The van der Waals surface area contributed by atoms with E-state index in [1.165, 1.54) is 0 Å². The van der Waals surface area contributed by atoms with E-state index >= 15 is 0 Å². The average molecular weight is 199 g/mol. The molecule has 0 aromatic rings. The van der Waals surface area contributed by atoms with Gasteiger partial charge in [0.15, 0.2) is 0 Å². The molecule has 0 aromatic carbocycles. The fourth-order valence-corrected chi connectivity index (χ4v) is 0.498. The van der Waals surface area contributed by atoms with E-state index in [1.807, 2.05) is 0 Å². The quantitative estimate of drug-likeness (QED) is 0.687. The second-order valence-corrected chi connectivity index (χ2v) is 3.11. The van der Waals surface area contributed by atoms with Gasteiger partial charge in [-0.15, -0.1) is 0 Å². The van der Waals surface area contributed by atoms with Crippen LogP contribution in [0.3, 0.4) is 0 Å². The zero-order valence-electron chi connectivity index (χ0n) is 7.64. The van der Waals surface area contributed by atoms with Crippen LogP contribution in [0.15, 0.2) is 0 Å². The third kappa shape index (κ3) is 8.05. The first-order valence-corrected chi connectivity index (χ1v) is 4.02. The van der Waals surface area contributed by atoms with Crippen LogP contribution in [0.5, 0.6) is 0 Å². The Labute approximate surface area is 75.7 Å². The van der Waals surface area contributed by atoms with Crippen LogP contribution in [0.2, 0.25) is 0 Å². The smallest absolute Gasteiger partial charge is 0.390 e. The minimum absolute atomic E-state index is 0.0501. The Balaban J connectivity index is 3.36. The number of aliphatic hydroxyl groups excluding tert-OH is 1. The molecular weight excluding hydrogens is 185 g/mol. The van der Waals surface area contributed by atoms with Crippen molar-refractivity contribution in [2.75, 3.05) is 6.61 Å². The number of aliphatic hydroxyl groups is 1. The molecule has 0 amide bonds. The lowest BCUT2D eigenvalue weighted by Crippen LogP contribution is -2.18. The molecule has 0 bridgehead atoms. The summed E-state index contributed by atoms with van der Waals surface area (Å²) in [6.45, 7) is 4.09. The van der Waals surface area contributed by atoms with Crippen molar-refractivity contribution >= 4 is 0 Å². The highest BCUT2D eigenvalue weighted by Gasteiger charge is 2.26. The van der Waals surface area contributed by atoms with Crippen LogP contribution in [0.1, 0.15) is 20.3 Å². The molecule has 0 aliphatic rings. The number of hydrogen-bond acceptors (Lipinski definition) is 2. The Morgan fingerprint density at radius 1 is 1.38 bits per heavy atom. The first-order valence-electron chi connectivity index (χ1n) is 4.02. The molecule has 79 valence electrons. The topological polar surface area (TPSA) is 29.5 Å². The van der Waals surface area contributed by atoms with Crippen LogP contribution in [0, 0.1) is 12.5 Å².